The first-order chi connectivity index (χ1) is 11.0. The van der Waals surface area contributed by atoms with Gasteiger partial charge in [-0.05, 0) is 54.7 Å². The van der Waals surface area contributed by atoms with Crippen molar-refractivity contribution in [3.63, 3.8) is 0 Å². The maximum Gasteiger partial charge on any atom is 0.335 e. The number of thiocarbonyl (C=S) groups is 1. The zero-order chi connectivity index (χ0) is 16.8. The number of carboxylic acids is 1. The van der Waals surface area contributed by atoms with Gasteiger partial charge in [0.25, 0.3) is 5.91 Å². The third-order valence-electron chi connectivity index (χ3n) is 2.95. The molecule has 0 unspecified atom stereocenters. The van der Waals surface area contributed by atoms with E-state index < -0.39 is 5.97 Å². The van der Waals surface area contributed by atoms with Crippen LogP contribution in [0.3, 0.4) is 0 Å². The molecule has 0 aliphatic heterocycles. The number of ether oxygens (including phenoxy) is 1. The van der Waals surface area contributed by atoms with Gasteiger partial charge in [-0.1, -0.05) is 6.07 Å². The topological polar surface area (TPSA) is 87.7 Å². The van der Waals surface area contributed by atoms with Crippen LogP contribution < -0.4 is 15.4 Å². The number of aromatic carboxylic acids is 1. The van der Waals surface area contributed by atoms with Crippen molar-refractivity contribution in [3.05, 3.63) is 59.7 Å². The second-order valence-electron chi connectivity index (χ2n) is 4.52. The molecule has 0 aromatic heterocycles. The lowest BCUT2D eigenvalue weighted by Crippen LogP contribution is -2.34. The lowest BCUT2D eigenvalue weighted by atomic mass is 10.2. The maximum absolute atomic E-state index is 12.0. The van der Waals surface area contributed by atoms with E-state index in [2.05, 4.69) is 10.6 Å². The normalized spacial score (nSPS) is 9.78. The molecule has 0 saturated heterocycles. The molecule has 0 fully saturated rings. The Morgan fingerprint density at radius 3 is 2.39 bits per heavy atom. The number of hydrogen-bond donors (Lipinski definition) is 3. The third-order valence-corrected chi connectivity index (χ3v) is 3.15. The van der Waals surface area contributed by atoms with Gasteiger partial charge in [0.05, 0.1) is 12.7 Å². The Morgan fingerprint density at radius 1 is 1.09 bits per heavy atom. The van der Waals surface area contributed by atoms with E-state index in [4.69, 9.17) is 22.1 Å². The molecule has 0 saturated carbocycles. The highest BCUT2D eigenvalue weighted by atomic mass is 32.1. The first-order valence-corrected chi connectivity index (χ1v) is 7.00. The Labute approximate surface area is 138 Å². The van der Waals surface area contributed by atoms with Crippen LogP contribution in [0.5, 0.6) is 5.75 Å². The predicted octanol–water partition coefficient (Wildman–Crippen LogP) is 2.52. The van der Waals surface area contributed by atoms with Crippen LogP contribution in [0.4, 0.5) is 5.69 Å². The van der Waals surface area contributed by atoms with E-state index in [1.165, 1.54) is 12.1 Å². The van der Waals surface area contributed by atoms with Crippen LogP contribution in [0.2, 0.25) is 0 Å². The molecule has 0 bridgehead atoms. The lowest BCUT2D eigenvalue weighted by Gasteiger charge is -2.10. The number of carbonyl (C=O) groups is 2. The van der Waals surface area contributed by atoms with Crippen LogP contribution in [-0.2, 0) is 0 Å². The third kappa shape index (κ3) is 4.52. The SMILES string of the molecule is COc1ccc(C(=O)NC(=S)Nc2cccc(C(=O)O)c2)cc1. The molecule has 0 atom stereocenters. The number of carboxylic acid groups (broad SMARTS) is 1. The van der Waals surface area contributed by atoms with Gasteiger partial charge in [0.2, 0.25) is 0 Å². The van der Waals surface area contributed by atoms with Crippen molar-refractivity contribution >= 4 is 34.9 Å². The van der Waals surface area contributed by atoms with Gasteiger partial charge in [-0.2, -0.15) is 0 Å². The summed E-state index contributed by atoms with van der Waals surface area (Å²) in [5, 5.41) is 14.3. The number of nitrogens with one attached hydrogen (secondary N) is 2. The molecule has 0 aliphatic rings. The van der Waals surface area contributed by atoms with E-state index >= 15 is 0 Å². The molecule has 7 heteroatoms. The van der Waals surface area contributed by atoms with E-state index in [0.29, 0.717) is 17.0 Å². The van der Waals surface area contributed by atoms with E-state index in [1.54, 1.807) is 43.5 Å². The van der Waals surface area contributed by atoms with Crippen LogP contribution in [0.1, 0.15) is 20.7 Å². The first kappa shape index (κ1) is 16.4. The number of carbonyl (C=O) groups excluding carboxylic acids is 1. The van der Waals surface area contributed by atoms with Crippen molar-refractivity contribution in [3.8, 4) is 5.75 Å². The number of methoxy groups -OCH3 is 1. The summed E-state index contributed by atoms with van der Waals surface area (Å²) in [5.41, 5.74) is 1.03. The standard InChI is InChI=1S/C16H14N2O4S/c1-22-13-7-5-10(6-8-13)14(19)18-16(23)17-12-4-2-3-11(9-12)15(20)21/h2-9H,1H3,(H,20,21)(H2,17,18,19,23). The van der Waals surface area contributed by atoms with Crippen molar-refractivity contribution in [1.29, 1.82) is 0 Å². The first-order valence-electron chi connectivity index (χ1n) is 6.59. The molecule has 0 spiro atoms. The van der Waals surface area contributed by atoms with Crippen molar-refractivity contribution in [1.82, 2.24) is 5.32 Å². The number of amides is 1. The Bertz CT molecular complexity index is 744. The van der Waals surface area contributed by atoms with Gasteiger partial charge in [0.15, 0.2) is 5.11 Å². The molecule has 23 heavy (non-hydrogen) atoms. The minimum absolute atomic E-state index is 0.0772. The Kier molecular flexibility index (Phi) is 5.27. The highest BCUT2D eigenvalue weighted by Gasteiger charge is 2.09. The summed E-state index contributed by atoms with van der Waals surface area (Å²) >= 11 is 5.05. The minimum atomic E-state index is -1.04. The van der Waals surface area contributed by atoms with Gasteiger partial charge in [-0.3, -0.25) is 10.1 Å². The zero-order valence-corrected chi connectivity index (χ0v) is 13.0. The summed E-state index contributed by atoms with van der Waals surface area (Å²) in [5.74, 6) is -0.769. The summed E-state index contributed by atoms with van der Waals surface area (Å²) < 4.78 is 5.02. The number of rotatable bonds is 4. The molecule has 118 valence electrons. The average molecular weight is 330 g/mol. The summed E-state index contributed by atoms with van der Waals surface area (Å²) in [7, 11) is 1.54. The number of hydrogen-bond acceptors (Lipinski definition) is 4. The number of anilines is 1. The summed E-state index contributed by atoms with van der Waals surface area (Å²) in [6.07, 6.45) is 0. The molecule has 3 N–H and O–H groups in total. The second kappa shape index (κ2) is 7.37. The minimum Gasteiger partial charge on any atom is -0.497 e. The second-order valence-corrected chi connectivity index (χ2v) is 4.93. The number of benzene rings is 2. The van der Waals surface area contributed by atoms with Gasteiger partial charge in [0.1, 0.15) is 5.75 Å². The molecule has 2 rings (SSSR count). The highest BCUT2D eigenvalue weighted by molar-refractivity contribution is 7.80. The van der Waals surface area contributed by atoms with Crippen LogP contribution >= 0.6 is 12.2 Å². The molecule has 0 heterocycles. The lowest BCUT2D eigenvalue weighted by molar-refractivity contribution is 0.0696. The van der Waals surface area contributed by atoms with Gasteiger partial charge >= 0.3 is 5.97 Å². The summed E-state index contributed by atoms with van der Waals surface area (Å²) in [6, 6.07) is 12.7. The van der Waals surface area contributed by atoms with Gasteiger partial charge in [-0.25, -0.2) is 4.79 Å². The maximum atomic E-state index is 12.0. The fraction of sp³-hybridized carbons (Fsp3) is 0.0625. The van der Waals surface area contributed by atoms with Crippen LogP contribution in [0, 0.1) is 0 Å². The molecule has 2 aromatic carbocycles. The van der Waals surface area contributed by atoms with Crippen molar-refractivity contribution < 1.29 is 19.4 Å². The van der Waals surface area contributed by atoms with Crippen LogP contribution in [0.15, 0.2) is 48.5 Å². The average Bonchev–Trinajstić information content (AvgIpc) is 2.55. The molecular formula is C16H14N2O4S. The highest BCUT2D eigenvalue weighted by Crippen LogP contribution is 2.12. The quantitative estimate of drug-likeness (QED) is 0.747. The fourth-order valence-electron chi connectivity index (χ4n) is 1.81. The largest absolute Gasteiger partial charge is 0.497 e. The molecule has 6 nitrogen and oxygen atoms in total. The van der Waals surface area contributed by atoms with Gasteiger partial charge in [-0.15, -0.1) is 0 Å². The van der Waals surface area contributed by atoms with Gasteiger partial charge in [0, 0.05) is 11.3 Å². The van der Waals surface area contributed by atoms with E-state index in [9.17, 15) is 9.59 Å². The Hall–Kier alpha value is -2.93. The molecule has 0 radical (unpaired) electrons. The van der Waals surface area contributed by atoms with E-state index in [1.807, 2.05) is 0 Å². The van der Waals surface area contributed by atoms with Crippen molar-refractivity contribution in [2.24, 2.45) is 0 Å². The Balaban J connectivity index is 1.99. The van der Waals surface area contributed by atoms with Crippen molar-refractivity contribution in [2.75, 3.05) is 12.4 Å². The monoisotopic (exact) mass is 330 g/mol. The molecule has 1 amide bonds. The fourth-order valence-corrected chi connectivity index (χ4v) is 2.02. The zero-order valence-electron chi connectivity index (χ0n) is 12.2. The van der Waals surface area contributed by atoms with Crippen LogP contribution in [-0.4, -0.2) is 29.2 Å². The molecular weight excluding hydrogens is 316 g/mol. The summed E-state index contributed by atoms with van der Waals surface area (Å²) in [4.78, 5) is 23.0. The smallest absolute Gasteiger partial charge is 0.335 e. The predicted molar refractivity (Wildman–Crippen MR) is 90.1 cm³/mol. The summed E-state index contributed by atoms with van der Waals surface area (Å²) in [6.45, 7) is 0. The molecule has 2 aromatic rings. The van der Waals surface area contributed by atoms with E-state index in [0.717, 1.165) is 0 Å². The van der Waals surface area contributed by atoms with Crippen molar-refractivity contribution in [2.45, 2.75) is 0 Å². The Morgan fingerprint density at radius 2 is 1.78 bits per heavy atom. The molecule has 0 aliphatic carbocycles. The van der Waals surface area contributed by atoms with Gasteiger partial charge < -0.3 is 15.2 Å². The van der Waals surface area contributed by atoms with E-state index in [-0.39, 0.29) is 16.6 Å². The van der Waals surface area contributed by atoms with Crippen LogP contribution in [0.25, 0.3) is 0 Å².